The zero-order chi connectivity index (χ0) is 29.4. The lowest BCUT2D eigenvalue weighted by Gasteiger charge is -2.34. The molecule has 0 bridgehead atoms. The number of sulfonamides is 1. The summed E-state index contributed by atoms with van der Waals surface area (Å²) in [4.78, 5) is 26.4. The van der Waals surface area contributed by atoms with Gasteiger partial charge in [-0.25, -0.2) is 16.8 Å². The first-order valence-corrected chi connectivity index (χ1v) is 16.9. The van der Waals surface area contributed by atoms with Crippen LogP contribution in [0.1, 0.15) is 42.0 Å². The Kier molecular flexibility index (Phi) is 8.04. The Labute approximate surface area is 240 Å². The Morgan fingerprint density at radius 1 is 0.976 bits per heavy atom. The standard InChI is InChI=1S/C30H33N3O6S2/c1-20-9-12-24(13-10-20)41(38,39)33-16-15-31-30(35)28(33)19-29(34)32-27-8-4-6-23-17-22(11-14-26(23)27)21-5-3-7-25(18-21)40(2,36)37/h3,5,7,9-14,17-18,27-28H,4,6,8,15-16,19H2,1-2H3,(H,31,35)(H,32,34)/t27-,28-/m1/s1. The fourth-order valence-corrected chi connectivity index (χ4v) is 7.76. The van der Waals surface area contributed by atoms with Gasteiger partial charge in [0.05, 0.1) is 22.3 Å². The van der Waals surface area contributed by atoms with Gasteiger partial charge in [-0.1, -0.05) is 48.0 Å². The third-order valence-corrected chi connectivity index (χ3v) is 10.7. The summed E-state index contributed by atoms with van der Waals surface area (Å²) in [5.74, 6) is -0.897. The Bertz CT molecular complexity index is 1700. The molecule has 2 N–H and O–H groups in total. The molecule has 0 spiro atoms. The molecular weight excluding hydrogens is 562 g/mol. The molecule has 1 heterocycles. The van der Waals surface area contributed by atoms with Crippen LogP contribution in [-0.4, -0.2) is 58.3 Å². The van der Waals surface area contributed by atoms with Gasteiger partial charge in [0.1, 0.15) is 6.04 Å². The number of fused-ring (bicyclic) bond motifs is 1. The van der Waals surface area contributed by atoms with Crippen molar-refractivity contribution in [3.05, 3.63) is 83.4 Å². The summed E-state index contributed by atoms with van der Waals surface area (Å²) in [6, 6.07) is 17.7. The molecule has 0 aromatic heterocycles. The Balaban J connectivity index is 1.33. The maximum Gasteiger partial charge on any atom is 0.243 e. The van der Waals surface area contributed by atoms with Gasteiger partial charge >= 0.3 is 0 Å². The minimum atomic E-state index is -3.98. The molecule has 3 aromatic rings. The maximum absolute atomic E-state index is 13.4. The lowest BCUT2D eigenvalue weighted by molar-refractivity contribution is -0.132. The third-order valence-electron chi connectivity index (χ3n) is 7.68. The largest absolute Gasteiger partial charge is 0.353 e. The van der Waals surface area contributed by atoms with E-state index in [-0.39, 0.29) is 35.3 Å². The Morgan fingerprint density at radius 3 is 2.44 bits per heavy atom. The number of hydrogen-bond donors (Lipinski definition) is 2. The van der Waals surface area contributed by atoms with Crippen LogP contribution in [0.15, 0.2) is 76.5 Å². The maximum atomic E-state index is 13.4. The van der Waals surface area contributed by atoms with Crippen molar-refractivity contribution in [2.45, 2.75) is 54.5 Å². The number of aryl methyl sites for hydroxylation is 2. The van der Waals surface area contributed by atoms with E-state index >= 15 is 0 Å². The van der Waals surface area contributed by atoms with Gasteiger partial charge in [-0.05, 0) is 72.7 Å². The highest BCUT2D eigenvalue weighted by molar-refractivity contribution is 7.90. The second-order valence-corrected chi connectivity index (χ2v) is 14.6. The highest BCUT2D eigenvalue weighted by atomic mass is 32.2. The molecule has 41 heavy (non-hydrogen) atoms. The molecule has 1 saturated heterocycles. The van der Waals surface area contributed by atoms with Crippen LogP contribution in [-0.2, 0) is 35.9 Å². The molecule has 1 fully saturated rings. The number of sulfone groups is 1. The highest BCUT2D eigenvalue weighted by Gasteiger charge is 2.40. The van der Waals surface area contributed by atoms with Crippen LogP contribution < -0.4 is 10.6 Å². The number of piperazine rings is 1. The quantitative estimate of drug-likeness (QED) is 0.432. The van der Waals surface area contributed by atoms with E-state index in [2.05, 4.69) is 10.6 Å². The molecule has 2 amide bonds. The highest BCUT2D eigenvalue weighted by Crippen LogP contribution is 2.34. The topological polar surface area (TPSA) is 130 Å². The fraction of sp³-hybridized carbons (Fsp3) is 0.333. The number of nitrogens with zero attached hydrogens (tertiary/aromatic N) is 1. The van der Waals surface area contributed by atoms with Crippen LogP contribution >= 0.6 is 0 Å². The van der Waals surface area contributed by atoms with E-state index in [4.69, 9.17) is 0 Å². The fourth-order valence-electron chi connectivity index (χ4n) is 5.50. The first kappa shape index (κ1) is 29.0. The van der Waals surface area contributed by atoms with Crippen molar-refractivity contribution in [1.29, 1.82) is 0 Å². The predicted octanol–water partition coefficient (Wildman–Crippen LogP) is 3.14. The first-order valence-electron chi connectivity index (χ1n) is 13.5. The normalized spacial score (nSPS) is 19.7. The molecule has 3 aromatic carbocycles. The van der Waals surface area contributed by atoms with E-state index in [1.165, 1.54) is 18.4 Å². The summed E-state index contributed by atoms with van der Waals surface area (Å²) in [6.07, 6.45) is 3.25. The van der Waals surface area contributed by atoms with Gasteiger partial charge in [0.15, 0.2) is 9.84 Å². The molecule has 0 saturated carbocycles. The lowest BCUT2D eigenvalue weighted by atomic mass is 9.85. The number of carbonyl (C=O) groups excluding carboxylic acids is 2. The molecule has 5 rings (SSSR count). The van der Waals surface area contributed by atoms with E-state index in [9.17, 15) is 26.4 Å². The van der Waals surface area contributed by atoms with Crippen LogP contribution in [0.4, 0.5) is 0 Å². The predicted molar refractivity (Wildman–Crippen MR) is 155 cm³/mol. The van der Waals surface area contributed by atoms with Gasteiger partial charge in [-0.15, -0.1) is 0 Å². The minimum Gasteiger partial charge on any atom is -0.353 e. The number of nitrogens with one attached hydrogen (secondary N) is 2. The minimum absolute atomic E-state index is 0.0788. The lowest BCUT2D eigenvalue weighted by Crippen LogP contribution is -2.58. The molecule has 2 aliphatic rings. The van der Waals surface area contributed by atoms with Gasteiger partial charge < -0.3 is 10.6 Å². The van der Waals surface area contributed by atoms with E-state index in [0.717, 1.165) is 45.0 Å². The van der Waals surface area contributed by atoms with Crippen molar-refractivity contribution < 1.29 is 26.4 Å². The summed E-state index contributed by atoms with van der Waals surface area (Å²) in [5.41, 5.74) is 4.61. The van der Waals surface area contributed by atoms with E-state index in [0.29, 0.717) is 6.42 Å². The van der Waals surface area contributed by atoms with E-state index in [1.807, 2.05) is 31.2 Å². The van der Waals surface area contributed by atoms with E-state index < -0.39 is 37.7 Å². The number of benzene rings is 3. The molecular formula is C30H33N3O6S2. The van der Waals surface area contributed by atoms with Gasteiger partial charge in [0, 0.05) is 19.3 Å². The molecule has 216 valence electrons. The second-order valence-electron chi connectivity index (χ2n) is 10.7. The van der Waals surface area contributed by atoms with Gasteiger partial charge in [0.2, 0.25) is 21.8 Å². The first-order chi connectivity index (χ1) is 19.4. The Morgan fingerprint density at radius 2 is 1.71 bits per heavy atom. The average molecular weight is 596 g/mol. The molecule has 2 atom stereocenters. The number of hydrogen-bond acceptors (Lipinski definition) is 6. The summed E-state index contributed by atoms with van der Waals surface area (Å²) in [5, 5.41) is 5.72. The van der Waals surface area contributed by atoms with Crippen LogP contribution in [0, 0.1) is 6.92 Å². The monoisotopic (exact) mass is 595 g/mol. The van der Waals surface area contributed by atoms with Gasteiger partial charge in [0.25, 0.3) is 0 Å². The summed E-state index contributed by atoms with van der Waals surface area (Å²) in [6.45, 7) is 2.11. The number of rotatable bonds is 7. The SMILES string of the molecule is Cc1ccc(S(=O)(=O)N2CCNC(=O)[C@H]2CC(=O)N[C@@H]2CCCc3cc(-c4cccc(S(C)(=O)=O)c4)ccc32)cc1. The third kappa shape index (κ3) is 6.22. The molecule has 1 aliphatic heterocycles. The van der Waals surface area contributed by atoms with Crippen molar-refractivity contribution in [3.8, 4) is 11.1 Å². The van der Waals surface area contributed by atoms with Crippen molar-refractivity contribution in [1.82, 2.24) is 14.9 Å². The van der Waals surface area contributed by atoms with E-state index in [1.54, 1.807) is 30.3 Å². The second kappa shape index (κ2) is 11.4. The Hall–Kier alpha value is -3.54. The smallest absolute Gasteiger partial charge is 0.243 e. The zero-order valence-corrected chi connectivity index (χ0v) is 24.6. The van der Waals surface area contributed by atoms with Crippen molar-refractivity contribution >= 4 is 31.7 Å². The molecule has 1 aliphatic carbocycles. The van der Waals surface area contributed by atoms with Crippen molar-refractivity contribution in [2.24, 2.45) is 0 Å². The molecule has 11 heteroatoms. The van der Waals surface area contributed by atoms with Crippen LogP contribution in [0.5, 0.6) is 0 Å². The summed E-state index contributed by atoms with van der Waals surface area (Å²) in [7, 11) is -7.31. The van der Waals surface area contributed by atoms with Crippen LogP contribution in [0.25, 0.3) is 11.1 Å². The molecule has 0 unspecified atom stereocenters. The summed E-state index contributed by atoms with van der Waals surface area (Å²) < 4.78 is 51.9. The van der Waals surface area contributed by atoms with Crippen molar-refractivity contribution in [3.63, 3.8) is 0 Å². The number of amides is 2. The van der Waals surface area contributed by atoms with Gasteiger partial charge in [-0.3, -0.25) is 9.59 Å². The zero-order valence-electron chi connectivity index (χ0n) is 23.0. The molecule has 9 nitrogen and oxygen atoms in total. The number of carbonyl (C=O) groups is 2. The average Bonchev–Trinajstić information content (AvgIpc) is 2.94. The molecule has 0 radical (unpaired) electrons. The van der Waals surface area contributed by atoms with Gasteiger partial charge in [-0.2, -0.15) is 4.31 Å². The summed E-state index contributed by atoms with van der Waals surface area (Å²) >= 11 is 0. The van der Waals surface area contributed by atoms with Crippen molar-refractivity contribution in [2.75, 3.05) is 19.3 Å². The van der Waals surface area contributed by atoms with Crippen LogP contribution in [0.3, 0.4) is 0 Å². The van der Waals surface area contributed by atoms with Crippen LogP contribution in [0.2, 0.25) is 0 Å².